The van der Waals surface area contributed by atoms with Crippen LogP contribution in [-0.4, -0.2) is 29.1 Å². The lowest BCUT2D eigenvalue weighted by atomic mass is 9.99. The van der Waals surface area contributed by atoms with E-state index in [9.17, 15) is 4.79 Å². The molecule has 1 aromatic rings. The lowest BCUT2D eigenvalue weighted by Gasteiger charge is -2.30. The maximum Gasteiger partial charge on any atom is 0.335 e. The molecule has 1 saturated heterocycles. The van der Waals surface area contributed by atoms with Crippen LogP contribution in [0.4, 0.5) is 0 Å². The van der Waals surface area contributed by atoms with Crippen LogP contribution < -0.4 is 0 Å². The van der Waals surface area contributed by atoms with Crippen molar-refractivity contribution >= 4 is 5.97 Å². The van der Waals surface area contributed by atoms with Gasteiger partial charge >= 0.3 is 5.97 Å². The first kappa shape index (κ1) is 15.7. The van der Waals surface area contributed by atoms with Crippen LogP contribution in [0.2, 0.25) is 0 Å². The van der Waals surface area contributed by atoms with Crippen molar-refractivity contribution in [1.82, 2.24) is 4.90 Å². The van der Waals surface area contributed by atoms with E-state index in [1.165, 1.54) is 18.4 Å². The fourth-order valence-electron chi connectivity index (χ4n) is 2.44. The summed E-state index contributed by atoms with van der Waals surface area (Å²) < 4.78 is 0. The summed E-state index contributed by atoms with van der Waals surface area (Å²) in [4.78, 5) is 13.2. The van der Waals surface area contributed by atoms with Gasteiger partial charge in [0.25, 0.3) is 0 Å². The van der Waals surface area contributed by atoms with Crippen molar-refractivity contribution in [3.05, 3.63) is 35.4 Å². The minimum absolute atomic E-state index is 0.362. The Labute approximate surface area is 116 Å². The van der Waals surface area contributed by atoms with Gasteiger partial charge in [-0.05, 0) is 43.0 Å². The molecule has 1 heterocycles. The molecule has 0 bridgehead atoms. The number of likely N-dealkylation sites (tertiary alicyclic amines) is 1. The first-order chi connectivity index (χ1) is 9.15. The van der Waals surface area contributed by atoms with Gasteiger partial charge < -0.3 is 5.11 Å². The van der Waals surface area contributed by atoms with Gasteiger partial charge in [-0.2, -0.15) is 0 Å². The highest BCUT2D eigenvalue weighted by molar-refractivity contribution is 5.87. The SMILES string of the molecule is CC.CC1CCCN(Cc2ccc(C(=O)O)cc2)C1. The zero-order chi connectivity index (χ0) is 14.3. The Morgan fingerprint density at radius 1 is 1.32 bits per heavy atom. The molecule has 1 aromatic carbocycles. The van der Waals surface area contributed by atoms with Crippen molar-refractivity contribution in [2.45, 2.75) is 40.2 Å². The molecule has 0 aliphatic carbocycles. The number of nitrogens with zero attached hydrogens (tertiary/aromatic N) is 1. The Kier molecular flexibility index (Phi) is 6.57. The zero-order valence-electron chi connectivity index (χ0n) is 12.2. The van der Waals surface area contributed by atoms with Gasteiger partial charge in [0.1, 0.15) is 0 Å². The third-order valence-corrected chi connectivity index (χ3v) is 3.35. The number of benzene rings is 1. The Morgan fingerprint density at radius 3 is 2.47 bits per heavy atom. The van der Waals surface area contributed by atoms with Gasteiger partial charge in [-0.3, -0.25) is 4.90 Å². The number of carboxylic acids is 1. The second kappa shape index (κ2) is 7.95. The zero-order valence-corrected chi connectivity index (χ0v) is 12.2. The molecule has 3 nitrogen and oxygen atoms in total. The molecule has 1 unspecified atom stereocenters. The molecule has 1 N–H and O–H groups in total. The summed E-state index contributed by atoms with van der Waals surface area (Å²) in [5.41, 5.74) is 1.56. The highest BCUT2D eigenvalue weighted by atomic mass is 16.4. The van der Waals surface area contributed by atoms with E-state index >= 15 is 0 Å². The van der Waals surface area contributed by atoms with E-state index in [1.807, 2.05) is 26.0 Å². The Balaban J connectivity index is 0.000000861. The topological polar surface area (TPSA) is 40.5 Å². The standard InChI is InChI=1S/C14H19NO2.C2H6/c1-11-3-2-8-15(9-11)10-12-4-6-13(7-5-12)14(16)17;1-2/h4-7,11H,2-3,8-10H2,1H3,(H,16,17);1-2H3. The number of piperidine rings is 1. The number of carbonyl (C=O) groups is 1. The minimum atomic E-state index is -0.858. The van der Waals surface area contributed by atoms with Crippen molar-refractivity contribution in [3.8, 4) is 0 Å². The van der Waals surface area contributed by atoms with Crippen molar-refractivity contribution in [3.63, 3.8) is 0 Å². The van der Waals surface area contributed by atoms with Crippen LogP contribution in [0, 0.1) is 5.92 Å². The monoisotopic (exact) mass is 263 g/mol. The average molecular weight is 263 g/mol. The van der Waals surface area contributed by atoms with Gasteiger partial charge in [-0.1, -0.05) is 32.9 Å². The largest absolute Gasteiger partial charge is 0.478 e. The van der Waals surface area contributed by atoms with Gasteiger partial charge in [0.15, 0.2) is 0 Å². The number of rotatable bonds is 3. The molecule has 0 saturated carbocycles. The van der Waals surface area contributed by atoms with E-state index in [1.54, 1.807) is 12.1 Å². The molecule has 1 aliphatic rings. The molecule has 106 valence electrons. The number of aromatic carboxylic acids is 1. The van der Waals surface area contributed by atoms with Crippen molar-refractivity contribution < 1.29 is 9.90 Å². The van der Waals surface area contributed by atoms with E-state index in [-0.39, 0.29) is 0 Å². The summed E-state index contributed by atoms with van der Waals surface area (Å²) >= 11 is 0. The first-order valence-electron chi connectivity index (χ1n) is 7.20. The van der Waals surface area contributed by atoms with Gasteiger partial charge in [0.05, 0.1) is 5.56 Å². The highest BCUT2D eigenvalue weighted by Crippen LogP contribution is 2.18. The first-order valence-corrected chi connectivity index (χ1v) is 7.20. The van der Waals surface area contributed by atoms with Crippen molar-refractivity contribution in [1.29, 1.82) is 0 Å². The van der Waals surface area contributed by atoms with E-state index in [0.29, 0.717) is 5.56 Å². The third-order valence-electron chi connectivity index (χ3n) is 3.35. The van der Waals surface area contributed by atoms with E-state index in [4.69, 9.17) is 5.11 Å². The summed E-state index contributed by atoms with van der Waals surface area (Å²) in [6.07, 6.45) is 2.60. The molecule has 0 amide bonds. The van der Waals surface area contributed by atoms with Crippen LogP contribution in [0.25, 0.3) is 0 Å². The Hall–Kier alpha value is -1.35. The van der Waals surface area contributed by atoms with Crippen LogP contribution in [0.3, 0.4) is 0 Å². The highest BCUT2D eigenvalue weighted by Gasteiger charge is 2.16. The fourth-order valence-corrected chi connectivity index (χ4v) is 2.44. The summed E-state index contributed by atoms with van der Waals surface area (Å²) in [5.74, 6) is -0.0785. The second-order valence-corrected chi connectivity index (χ2v) is 4.98. The summed E-state index contributed by atoms with van der Waals surface area (Å²) in [7, 11) is 0. The van der Waals surface area contributed by atoms with E-state index in [0.717, 1.165) is 25.6 Å². The average Bonchev–Trinajstić information content (AvgIpc) is 2.41. The normalized spacial score (nSPS) is 19.4. The number of carboxylic acid groups (broad SMARTS) is 1. The van der Waals surface area contributed by atoms with Crippen molar-refractivity contribution in [2.24, 2.45) is 5.92 Å². The fraction of sp³-hybridized carbons (Fsp3) is 0.562. The molecule has 2 rings (SSSR count). The summed E-state index contributed by atoms with van der Waals surface area (Å²) in [6, 6.07) is 7.21. The summed E-state index contributed by atoms with van der Waals surface area (Å²) in [5, 5.41) is 8.82. The van der Waals surface area contributed by atoms with E-state index < -0.39 is 5.97 Å². The predicted octanol–water partition coefficient (Wildman–Crippen LogP) is 3.64. The van der Waals surface area contributed by atoms with Crippen LogP contribution >= 0.6 is 0 Å². The molecule has 0 radical (unpaired) electrons. The smallest absolute Gasteiger partial charge is 0.335 e. The van der Waals surface area contributed by atoms with E-state index in [2.05, 4.69) is 11.8 Å². The lowest BCUT2D eigenvalue weighted by Crippen LogP contribution is -2.33. The molecule has 3 heteroatoms. The molecule has 1 aliphatic heterocycles. The minimum Gasteiger partial charge on any atom is -0.478 e. The van der Waals surface area contributed by atoms with Crippen LogP contribution in [-0.2, 0) is 6.54 Å². The molecular formula is C16H25NO2. The van der Waals surface area contributed by atoms with Gasteiger partial charge in [0.2, 0.25) is 0 Å². The maximum atomic E-state index is 10.7. The van der Waals surface area contributed by atoms with Gasteiger partial charge in [-0.15, -0.1) is 0 Å². The second-order valence-electron chi connectivity index (χ2n) is 4.98. The molecule has 1 fully saturated rings. The Bertz CT molecular complexity index is 386. The lowest BCUT2D eigenvalue weighted by molar-refractivity contribution is 0.0697. The molecule has 0 aromatic heterocycles. The van der Waals surface area contributed by atoms with Crippen LogP contribution in [0.1, 0.15) is 49.5 Å². The summed E-state index contributed by atoms with van der Waals surface area (Å²) in [6.45, 7) is 9.54. The molecule has 0 spiro atoms. The Morgan fingerprint density at radius 2 is 1.95 bits per heavy atom. The third kappa shape index (κ3) is 5.03. The van der Waals surface area contributed by atoms with Crippen LogP contribution in [0.15, 0.2) is 24.3 Å². The molecule has 1 atom stereocenters. The van der Waals surface area contributed by atoms with Gasteiger partial charge in [-0.25, -0.2) is 4.79 Å². The number of hydrogen-bond donors (Lipinski definition) is 1. The van der Waals surface area contributed by atoms with Crippen molar-refractivity contribution in [2.75, 3.05) is 13.1 Å². The number of hydrogen-bond acceptors (Lipinski definition) is 2. The van der Waals surface area contributed by atoms with Crippen LogP contribution in [0.5, 0.6) is 0 Å². The maximum absolute atomic E-state index is 10.7. The van der Waals surface area contributed by atoms with Gasteiger partial charge in [0, 0.05) is 13.1 Å². The molecular weight excluding hydrogens is 238 g/mol. The predicted molar refractivity (Wildman–Crippen MR) is 78.4 cm³/mol. The molecule has 19 heavy (non-hydrogen) atoms. The quantitative estimate of drug-likeness (QED) is 0.905.